The van der Waals surface area contributed by atoms with E-state index in [2.05, 4.69) is 6.07 Å². The number of nitrogens with zero attached hydrogens (tertiary/aromatic N) is 1. The molecule has 1 aliphatic carbocycles. The lowest BCUT2D eigenvalue weighted by Gasteiger charge is -2.33. The van der Waals surface area contributed by atoms with Gasteiger partial charge in [-0.05, 0) is 61.6 Å². The third-order valence-electron chi connectivity index (χ3n) is 4.97. The van der Waals surface area contributed by atoms with Gasteiger partial charge in [0.25, 0.3) is 5.91 Å². The molecule has 1 aromatic carbocycles. The zero-order chi connectivity index (χ0) is 16.4. The van der Waals surface area contributed by atoms with Crippen molar-refractivity contribution in [2.45, 2.75) is 38.5 Å². The predicted octanol–water partition coefficient (Wildman–Crippen LogP) is 2.46. The highest BCUT2D eigenvalue weighted by Crippen LogP contribution is 2.27. The molecule has 3 rings (SSSR count). The zero-order valence-corrected chi connectivity index (χ0v) is 14.6. The third kappa shape index (κ3) is 3.94. The van der Waals surface area contributed by atoms with Gasteiger partial charge in [0.05, 0.1) is 5.75 Å². The fourth-order valence-corrected chi connectivity index (χ4v) is 5.09. The summed E-state index contributed by atoms with van der Waals surface area (Å²) in [5, 5.41) is 0. The van der Waals surface area contributed by atoms with Crippen LogP contribution in [-0.4, -0.2) is 44.3 Å². The molecule has 1 unspecified atom stereocenters. The van der Waals surface area contributed by atoms with Gasteiger partial charge in [0.1, 0.15) is 9.84 Å². The molecule has 1 fully saturated rings. The molecule has 5 heteroatoms. The molecule has 0 radical (unpaired) electrons. The Labute approximate surface area is 138 Å². The van der Waals surface area contributed by atoms with E-state index in [1.807, 2.05) is 17.0 Å². The maximum absolute atomic E-state index is 13.0. The van der Waals surface area contributed by atoms with Gasteiger partial charge in [-0.1, -0.05) is 12.1 Å². The van der Waals surface area contributed by atoms with Gasteiger partial charge in [-0.3, -0.25) is 4.79 Å². The SMILES string of the molecule is CS(=O)(=O)CC1CCCN(C(=O)c2cccc3c2CCCC3)C1. The molecule has 2 aliphatic rings. The number of piperidine rings is 1. The van der Waals surface area contributed by atoms with Crippen molar-refractivity contribution >= 4 is 15.7 Å². The first-order chi connectivity index (χ1) is 10.9. The van der Waals surface area contributed by atoms with Crippen molar-refractivity contribution < 1.29 is 13.2 Å². The lowest BCUT2D eigenvalue weighted by atomic mass is 9.87. The molecule has 1 aliphatic heterocycles. The van der Waals surface area contributed by atoms with Crippen LogP contribution in [0.2, 0.25) is 0 Å². The summed E-state index contributed by atoms with van der Waals surface area (Å²) in [7, 11) is -2.99. The molecule has 23 heavy (non-hydrogen) atoms. The van der Waals surface area contributed by atoms with Crippen LogP contribution in [0.3, 0.4) is 0 Å². The number of fused-ring (bicyclic) bond motifs is 1. The smallest absolute Gasteiger partial charge is 0.254 e. The Hall–Kier alpha value is -1.36. The second-order valence-electron chi connectivity index (χ2n) is 7.00. The number of rotatable bonds is 3. The van der Waals surface area contributed by atoms with Crippen LogP contribution in [0.15, 0.2) is 18.2 Å². The van der Waals surface area contributed by atoms with Gasteiger partial charge in [0.2, 0.25) is 0 Å². The molecule has 0 bridgehead atoms. The van der Waals surface area contributed by atoms with Gasteiger partial charge in [-0.2, -0.15) is 0 Å². The number of hydrogen-bond donors (Lipinski definition) is 0. The Morgan fingerprint density at radius 1 is 1.22 bits per heavy atom. The molecular weight excluding hydrogens is 310 g/mol. The van der Waals surface area contributed by atoms with Crippen molar-refractivity contribution in [1.82, 2.24) is 4.90 Å². The lowest BCUT2D eigenvalue weighted by molar-refractivity contribution is 0.0683. The summed E-state index contributed by atoms with van der Waals surface area (Å²) in [6.07, 6.45) is 7.45. The summed E-state index contributed by atoms with van der Waals surface area (Å²) < 4.78 is 23.1. The average Bonchev–Trinajstić information content (AvgIpc) is 2.52. The number of hydrogen-bond acceptors (Lipinski definition) is 3. The van der Waals surface area contributed by atoms with Crippen LogP contribution in [0, 0.1) is 5.92 Å². The minimum absolute atomic E-state index is 0.0715. The van der Waals surface area contributed by atoms with Crippen molar-refractivity contribution in [3.63, 3.8) is 0 Å². The molecule has 0 N–H and O–H groups in total. The van der Waals surface area contributed by atoms with Crippen LogP contribution < -0.4 is 0 Å². The first-order valence-corrected chi connectivity index (χ1v) is 10.6. The van der Waals surface area contributed by atoms with Crippen LogP contribution in [-0.2, 0) is 22.7 Å². The molecule has 0 aromatic heterocycles. The molecule has 4 nitrogen and oxygen atoms in total. The highest BCUT2D eigenvalue weighted by atomic mass is 32.2. The van der Waals surface area contributed by atoms with Crippen molar-refractivity contribution in [1.29, 1.82) is 0 Å². The molecule has 1 heterocycles. The summed E-state index contributed by atoms with van der Waals surface area (Å²) in [5.74, 6) is 0.341. The first-order valence-electron chi connectivity index (χ1n) is 8.52. The Bertz CT molecular complexity index is 696. The molecule has 1 amide bonds. The lowest BCUT2D eigenvalue weighted by Crippen LogP contribution is -2.42. The van der Waals surface area contributed by atoms with Crippen molar-refractivity contribution in [3.8, 4) is 0 Å². The van der Waals surface area contributed by atoms with Gasteiger partial charge in [0, 0.05) is 24.9 Å². The number of carbonyl (C=O) groups excluding carboxylic acids is 1. The topological polar surface area (TPSA) is 54.5 Å². The average molecular weight is 335 g/mol. The highest BCUT2D eigenvalue weighted by molar-refractivity contribution is 7.90. The number of amides is 1. The molecule has 1 atom stereocenters. The summed E-state index contributed by atoms with van der Waals surface area (Å²) in [5.41, 5.74) is 3.36. The summed E-state index contributed by atoms with van der Waals surface area (Å²) in [4.78, 5) is 14.8. The molecule has 126 valence electrons. The number of likely N-dealkylation sites (tertiary alicyclic amines) is 1. The Morgan fingerprint density at radius 3 is 2.78 bits per heavy atom. The number of benzene rings is 1. The van der Waals surface area contributed by atoms with E-state index in [1.165, 1.54) is 23.8 Å². The van der Waals surface area contributed by atoms with Crippen LogP contribution >= 0.6 is 0 Å². The van der Waals surface area contributed by atoms with E-state index in [4.69, 9.17) is 0 Å². The maximum atomic E-state index is 13.0. The summed E-state index contributed by atoms with van der Waals surface area (Å²) in [6, 6.07) is 6.05. The number of aryl methyl sites for hydroxylation is 1. The van der Waals surface area contributed by atoms with Gasteiger partial charge in [0.15, 0.2) is 0 Å². The van der Waals surface area contributed by atoms with E-state index in [1.54, 1.807) is 0 Å². The fourth-order valence-electron chi connectivity index (χ4n) is 3.97. The van der Waals surface area contributed by atoms with E-state index in [0.717, 1.165) is 44.2 Å². The van der Waals surface area contributed by atoms with E-state index < -0.39 is 9.84 Å². The normalized spacial score (nSPS) is 21.8. The minimum Gasteiger partial charge on any atom is -0.338 e. The largest absolute Gasteiger partial charge is 0.338 e. The summed E-state index contributed by atoms with van der Waals surface area (Å²) in [6.45, 7) is 1.30. The minimum atomic E-state index is -2.99. The molecule has 0 saturated carbocycles. The van der Waals surface area contributed by atoms with Gasteiger partial charge < -0.3 is 4.90 Å². The fraction of sp³-hybridized carbons (Fsp3) is 0.611. The standard InChI is InChI=1S/C18H25NO3S/c1-23(21,22)13-14-6-5-11-19(12-14)18(20)17-10-4-8-15-7-2-3-9-16(15)17/h4,8,10,14H,2-3,5-7,9,11-13H2,1H3. The Kier molecular flexibility index (Phi) is 4.76. The van der Waals surface area contributed by atoms with Crippen molar-refractivity contribution in [2.75, 3.05) is 25.1 Å². The molecular formula is C18H25NO3S. The zero-order valence-electron chi connectivity index (χ0n) is 13.8. The Balaban J connectivity index is 1.78. The second kappa shape index (κ2) is 6.63. The Morgan fingerprint density at radius 2 is 2.00 bits per heavy atom. The van der Waals surface area contributed by atoms with Gasteiger partial charge >= 0.3 is 0 Å². The van der Waals surface area contributed by atoms with E-state index in [9.17, 15) is 13.2 Å². The second-order valence-corrected chi connectivity index (χ2v) is 9.19. The van der Waals surface area contributed by atoms with Crippen molar-refractivity contribution in [3.05, 3.63) is 34.9 Å². The van der Waals surface area contributed by atoms with Crippen LogP contribution in [0.1, 0.15) is 47.2 Å². The number of carbonyl (C=O) groups is 1. The monoisotopic (exact) mass is 335 g/mol. The first kappa shape index (κ1) is 16.5. The highest BCUT2D eigenvalue weighted by Gasteiger charge is 2.28. The number of sulfone groups is 1. The predicted molar refractivity (Wildman–Crippen MR) is 91.4 cm³/mol. The van der Waals surface area contributed by atoms with Gasteiger partial charge in [-0.15, -0.1) is 0 Å². The summed E-state index contributed by atoms with van der Waals surface area (Å²) >= 11 is 0. The molecule has 1 aromatic rings. The van der Waals surface area contributed by atoms with Gasteiger partial charge in [-0.25, -0.2) is 8.42 Å². The van der Waals surface area contributed by atoms with Crippen molar-refractivity contribution in [2.24, 2.45) is 5.92 Å². The molecule has 0 spiro atoms. The van der Waals surface area contributed by atoms with E-state index in [-0.39, 0.29) is 17.6 Å². The molecule has 1 saturated heterocycles. The maximum Gasteiger partial charge on any atom is 0.254 e. The quantitative estimate of drug-likeness (QED) is 0.853. The van der Waals surface area contributed by atoms with Crippen LogP contribution in [0.5, 0.6) is 0 Å². The van der Waals surface area contributed by atoms with Crippen LogP contribution in [0.4, 0.5) is 0 Å². The van der Waals surface area contributed by atoms with Crippen LogP contribution in [0.25, 0.3) is 0 Å². The third-order valence-corrected chi connectivity index (χ3v) is 6.05. The van der Waals surface area contributed by atoms with E-state index >= 15 is 0 Å². The van der Waals surface area contributed by atoms with E-state index in [0.29, 0.717) is 6.54 Å².